The van der Waals surface area contributed by atoms with Crippen LogP contribution < -0.4 is 0 Å². The van der Waals surface area contributed by atoms with Crippen LogP contribution >= 0.6 is 11.8 Å². The van der Waals surface area contributed by atoms with E-state index in [1.165, 1.54) is 18.4 Å². The molecule has 1 aromatic rings. The summed E-state index contributed by atoms with van der Waals surface area (Å²) in [6.45, 7) is 7.36. The highest BCUT2D eigenvalue weighted by Gasteiger charge is 2.36. The van der Waals surface area contributed by atoms with Gasteiger partial charge in [0, 0.05) is 32.0 Å². The fraction of sp³-hybridized carbons (Fsp3) is 0.667. The molecule has 2 saturated heterocycles. The van der Waals surface area contributed by atoms with Crippen molar-refractivity contribution in [2.45, 2.75) is 26.3 Å². The van der Waals surface area contributed by atoms with E-state index in [0.717, 1.165) is 38.5 Å². The molecule has 0 N–H and O–H groups in total. The number of amides is 1. The van der Waals surface area contributed by atoms with Crippen molar-refractivity contribution in [3.05, 3.63) is 30.1 Å². The number of thioether (sulfide) groups is 1. The second-order valence-corrected chi connectivity index (χ2v) is 7.95. The zero-order valence-electron chi connectivity index (χ0n) is 14.0. The maximum atomic E-state index is 12.2. The number of fused-ring (bicyclic) bond motifs is 1. The normalized spacial score (nSPS) is 25.2. The molecule has 23 heavy (non-hydrogen) atoms. The third kappa shape index (κ3) is 4.48. The van der Waals surface area contributed by atoms with Gasteiger partial charge in [0.2, 0.25) is 5.91 Å². The molecular formula is C18H27N3OS. The molecule has 1 amide bonds. The Hall–Kier alpha value is -1.07. The van der Waals surface area contributed by atoms with Crippen molar-refractivity contribution < 1.29 is 4.79 Å². The van der Waals surface area contributed by atoms with Crippen LogP contribution in [0.25, 0.3) is 0 Å². The van der Waals surface area contributed by atoms with E-state index in [1.807, 2.05) is 18.5 Å². The maximum Gasteiger partial charge on any atom is 0.232 e. The number of carbonyl (C=O) groups excluding carboxylic acids is 1. The number of pyridine rings is 1. The number of rotatable bonds is 5. The lowest BCUT2D eigenvalue weighted by Gasteiger charge is -2.22. The van der Waals surface area contributed by atoms with E-state index in [0.29, 0.717) is 23.5 Å². The van der Waals surface area contributed by atoms with Gasteiger partial charge in [-0.05, 0) is 55.1 Å². The SMILES string of the molecule is CCSCC(=O)N1C[C@H]2CCN(Cc3cccnc3)CC[C@H]2C1. The van der Waals surface area contributed by atoms with Gasteiger partial charge < -0.3 is 4.90 Å². The Kier molecular flexibility index (Phi) is 5.95. The van der Waals surface area contributed by atoms with E-state index in [9.17, 15) is 4.79 Å². The predicted octanol–water partition coefficient (Wildman–Crippen LogP) is 2.51. The third-order valence-corrected chi connectivity index (χ3v) is 5.98. The fourth-order valence-corrected chi connectivity index (χ4v) is 4.35. The smallest absolute Gasteiger partial charge is 0.232 e. The van der Waals surface area contributed by atoms with Gasteiger partial charge >= 0.3 is 0 Å². The van der Waals surface area contributed by atoms with Gasteiger partial charge in [0.25, 0.3) is 0 Å². The highest BCUT2D eigenvalue weighted by Crippen LogP contribution is 2.32. The average molecular weight is 334 g/mol. The maximum absolute atomic E-state index is 12.2. The summed E-state index contributed by atoms with van der Waals surface area (Å²) in [4.78, 5) is 21.1. The molecule has 4 nitrogen and oxygen atoms in total. The molecule has 0 aromatic carbocycles. The Balaban J connectivity index is 1.49. The molecule has 3 rings (SSSR count). The quantitative estimate of drug-likeness (QED) is 0.829. The van der Waals surface area contributed by atoms with Crippen LogP contribution in [-0.2, 0) is 11.3 Å². The molecule has 0 spiro atoms. The van der Waals surface area contributed by atoms with Crippen LogP contribution in [0.15, 0.2) is 24.5 Å². The summed E-state index contributed by atoms with van der Waals surface area (Å²) >= 11 is 1.74. The molecule has 5 heteroatoms. The first-order chi connectivity index (χ1) is 11.3. The van der Waals surface area contributed by atoms with Crippen LogP contribution in [0, 0.1) is 11.8 Å². The molecule has 0 unspecified atom stereocenters. The first-order valence-electron chi connectivity index (χ1n) is 8.73. The van der Waals surface area contributed by atoms with E-state index >= 15 is 0 Å². The van der Waals surface area contributed by atoms with Gasteiger partial charge in [-0.3, -0.25) is 14.7 Å². The molecule has 0 radical (unpaired) electrons. The van der Waals surface area contributed by atoms with Gasteiger partial charge in [0.1, 0.15) is 0 Å². The van der Waals surface area contributed by atoms with Crippen LogP contribution in [0.3, 0.4) is 0 Å². The van der Waals surface area contributed by atoms with E-state index < -0.39 is 0 Å². The topological polar surface area (TPSA) is 36.4 Å². The summed E-state index contributed by atoms with van der Waals surface area (Å²) in [6, 6.07) is 4.17. The van der Waals surface area contributed by atoms with Gasteiger partial charge in [0.05, 0.1) is 5.75 Å². The van der Waals surface area contributed by atoms with Crippen LogP contribution in [0.4, 0.5) is 0 Å². The second kappa shape index (κ2) is 8.15. The zero-order chi connectivity index (χ0) is 16.1. The Morgan fingerprint density at radius 3 is 2.65 bits per heavy atom. The Bertz CT molecular complexity index is 494. The first-order valence-corrected chi connectivity index (χ1v) is 9.88. The number of likely N-dealkylation sites (tertiary alicyclic amines) is 2. The lowest BCUT2D eigenvalue weighted by molar-refractivity contribution is -0.127. The molecule has 2 aliphatic heterocycles. The summed E-state index contributed by atoms with van der Waals surface area (Å²) < 4.78 is 0. The monoisotopic (exact) mass is 333 g/mol. The van der Waals surface area contributed by atoms with Crippen LogP contribution in [0.2, 0.25) is 0 Å². The summed E-state index contributed by atoms with van der Waals surface area (Å²) in [6.07, 6.45) is 6.24. The Morgan fingerprint density at radius 1 is 1.30 bits per heavy atom. The van der Waals surface area contributed by atoms with Crippen molar-refractivity contribution in [1.82, 2.24) is 14.8 Å². The molecule has 2 atom stereocenters. The van der Waals surface area contributed by atoms with Crippen molar-refractivity contribution in [2.75, 3.05) is 37.7 Å². The summed E-state index contributed by atoms with van der Waals surface area (Å²) in [5, 5.41) is 0. The van der Waals surface area contributed by atoms with Crippen LogP contribution in [-0.4, -0.2) is 58.4 Å². The molecule has 0 aliphatic carbocycles. The van der Waals surface area contributed by atoms with Gasteiger partial charge in [-0.2, -0.15) is 11.8 Å². The summed E-state index contributed by atoms with van der Waals surface area (Å²) in [5.74, 6) is 3.42. The highest BCUT2D eigenvalue weighted by atomic mass is 32.2. The van der Waals surface area contributed by atoms with Crippen molar-refractivity contribution in [3.63, 3.8) is 0 Å². The summed E-state index contributed by atoms with van der Waals surface area (Å²) in [5.41, 5.74) is 1.30. The van der Waals surface area contributed by atoms with Gasteiger partial charge in [-0.15, -0.1) is 0 Å². The van der Waals surface area contributed by atoms with Crippen molar-refractivity contribution in [3.8, 4) is 0 Å². The van der Waals surface area contributed by atoms with Crippen molar-refractivity contribution in [1.29, 1.82) is 0 Å². The fourth-order valence-electron chi connectivity index (χ4n) is 3.79. The number of nitrogens with zero attached hydrogens (tertiary/aromatic N) is 3. The minimum absolute atomic E-state index is 0.345. The average Bonchev–Trinajstić information content (AvgIpc) is 2.90. The number of hydrogen-bond acceptors (Lipinski definition) is 4. The minimum atomic E-state index is 0.345. The van der Waals surface area contributed by atoms with Crippen molar-refractivity contribution in [2.24, 2.45) is 11.8 Å². The van der Waals surface area contributed by atoms with Crippen LogP contribution in [0.5, 0.6) is 0 Å². The van der Waals surface area contributed by atoms with Crippen molar-refractivity contribution >= 4 is 17.7 Å². The van der Waals surface area contributed by atoms with E-state index in [4.69, 9.17) is 0 Å². The standard InChI is InChI=1S/C18H27N3OS/c1-2-23-14-18(22)21-12-16-5-8-20(9-6-17(16)13-21)11-15-4-3-7-19-10-15/h3-4,7,10,16-17H,2,5-6,8-9,11-14H2,1H3/t16-,17+. The largest absolute Gasteiger partial charge is 0.341 e. The molecule has 3 heterocycles. The number of hydrogen-bond donors (Lipinski definition) is 0. The van der Waals surface area contributed by atoms with Gasteiger partial charge in [0.15, 0.2) is 0 Å². The number of carbonyl (C=O) groups is 1. The lowest BCUT2D eigenvalue weighted by atomic mass is 9.92. The molecular weight excluding hydrogens is 306 g/mol. The van der Waals surface area contributed by atoms with E-state index in [2.05, 4.69) is 27.8 Å². The molecule has 2 fully saturated rings. The van der Waals surface area contributed by atoms with Crippen LogP contribution in [0.1, 0.15) is 25.3 Å². The van der Waals surface area contributed by atoms with E-state index in [1.54, 1.807) is 11.8 Å². The third-order valence-electron chi connectivity index (χ3n) is 5.12. The predicted molar refractivity (Wildman–Crippen MR) is 95.3 cm³/mol. The zero-order valence-corrected chi connectivity index (χ0v) is 14.8. The molecule has 126 valence electrons. The van der Waals surface area contributed by atoms with E-state index in [-0.39, 0.29) is 0 Å². The Morgan fingerprint density at radius 2 is 2.04 bits per heavy atom. The Labute approximate surface area is 143 Å². The lowest BCUT2D eigenvalue weighted by Crippen LogP contribution is -2.32. The van der Waals surface area contributed by atoms with Gasteiger partial charge in [-0.25, -0.2) is 0 Å². The molecule has 2 aliphatic rings. The first kappa shape index (κ1) is 16.8. The minimum Gasteiger partial charge on any atom is -0.341 e. The highest BCUT2D eigenvalue weighted by molar-refractivity contribution is 7.99. The molecule has 1 aromatic heterocycles. The molecule has 0 saturated carbocycles. The second-order valence-electron chi connectivity index (χ2n) is 6.67. The van der Waals surface area contributed by atoms with Gasteiger partial charge in [-0.1, -0.05) is 13.0 Å². The molecule has 0 bridgehead atoms. The summed E-state index contributed by atoms with van der Waals surface area (Å²) in [7, 11) is 0. The number of aromatic nitrogens is 1.